The van der Waals surface area contributed by atoms with E-state index in [2.05, 4.69) is 24.7 Å². The maximum absolute atomic E-state index is 5.37. The molecule has 0 bridgehead atoms. The van der Waals surface area contributed by atoms with E-state index in [9.17, 15) is 0 Å². The first-order valence-electron chi connectivity index (χ1n) is 4.31. The van der Waals surface area contributed by atoms with E-state index >= 15 is 0 Å². The van der Waals surface area contributed by atoms with Crippen molar-refractivity contribution in [3.8, 4) is 22.6 Å². The first kappa shape index (κ1) is 9.06. The van der Waals surface area contributed by atoms with Crippen LogP contribution in [0.4, 0.5) is 0 Å². The first-order chi connectivity index (χ1) is 7.36. The summed E-state index contributed by atoms with van der Waals surface area (Å²) in [6.07, 6.45) is 1.67. The molecule has 0 saturated heterocycles. The SMILES string of the molecule is Brc1nsnc1-c1ccoc2cccc1-2. The molecule has 15 heavy (non-hydrogen) atoms. The Hall–Kier alpha value is -1.20. The van der Waals surface area contributed by atoms with Crippen LogP contribution in [-0.2, 0) is 0 Å². The molecule has 1 aromatic heterocycles. The Bertz CT molecular complexity index is 574. The largest absolute Gasteiger partial charge is 0.464 e. The molecule has 0 N–H and O–H groups in total. The van der Waals surface area contributed by atoms with Crippen molar-refractivity contribution < 1.29 is 4.42 Å². The predicted octanol–water partition coefficient (Wildman–Crippen LogP) is 3.67. The van der Waals surface area contributed by atoms with Crippen molar-refractivity contribution in [2.45, 2.75) is 0 Å². The normalized spacial score (nSPS) is 11.0. The van der Waals surface area contributed by atoms with Gasteiger partial charge in [-0.25, -0.2) is 0 Å². The van der Waals surface area contributed by atoms with Crippen LogP contribution in [0.15, 0.2) is 39.5 Å². The van der Waals surface area contributed by atoms with Gasteiger partial charge in [-0.05, 0) is 28.1 Å². The van der Waals surface area contributed by atoms with Gasteiger partial charge in [0.1, 0.15) is 16.1 Å². The maximum Gasteiger partial charge on any atom is 0.147 e. The van der Waals surface area contributed by atoms with Crippen LogP contribution < -0.4 is 0 Å². The van der Waals surface area contributed by atoms with E-state index in [4.69, 9.17) is 4.42 Å². The first-order valence-corrected chi connectivity index (χ1v) is 5.83. The second-order valence-electron chi connectivity index (χ2n) is 3.04. The summed E-state index contributed by atoms with van der Waals surface area (Å²) in [5.74, 6) is 0.868. The molecule has 2 heterocycles. The lowest BCUT2D eigenvalue weighted by Gasteiger charge is -2.03. The third kappa shape index (κ3) is 1.39. The fourth-order valence-electron chi connectivity index (χ4n) is 1.54. The van der Waals surface area contributed by atoms with Crippen LogP contribution in [0.3, 0.4) is 0 Å². The lowest BCUT2D eigenvalue weighted by Crippen LogP contribution is -1.83. The quantitative estimate of drug-likeness (QED) is 0.683. The van der Waals surface area contributed by atoms with Crippen LogP contribution in [0.1, 0.15) is 0 Å². The van der Waals surface area contributed by atoms with E-state index in [1.54, 1.807) is 6.26 Å². The van der Waals surface area contributed by atoms with Gasteiger partial charge in [0.2, 0.25) is 0 Å². The van der Waals surface area contributed by atoms with Crippen LogP contribution in [0.2, 0.25) is 0 Å². The second-order valence-corrected chi connectivity index (χ2v) is 4.32. The number of halogens is 1. The number of rotatable bonds is 1. The Balaban J connectivity index is 2.29. The van der Waals surface area contributed by atoms with Gasteiger partial charge in [-0.2, -0.15) is 8.75 Å². The highest BCUT2D eigenvalue weighted by atomic mass is 79.9. The molecule has 1 aliphatic heterocycles. The van der Waals surface area contributed by atoms with Crippen molar-refractivity contribution in [2.75, 3.05) is 0 Å². The number of aromatic nitrogens is 2. The Morgan fingerprint density at radius 3 is 2.87 bits per heavy atom. The summed E-state index contributed by atoms with van der Waals surface area (Å²) >= 11 is 4.58. The Kier molecular flexibility index (Phi) is 2.07. The van der Waals surface area contributed by atoms with Gasteiger partial charge < -0.3 is 4.42 Å². The van der Waals surface area contributed by atoms with Crippen molar-refractivity contribution in [1.29, 1.82) is 0 Å². The van der Waals surface area contributed by atoms with Gasteiger partial charge in [-0.3, -0.25) is 0 Å². The third-order valence-electron chi connectivity index (χ3n) is 2.20. The fraction of sp³-hybridized carbons (Fsp3) is 0. The highest BCUT2D eigenvalue weighted by Crippen LogP contribution is 2.36. The van der Waals surface area contributed by atoms with E-state index in [1.165, 1.54) is 11.7 Å². The molecule has 0 saturated carbocycles. The molecular weight excluding hydrogens is 276 g/mol. The average Bonchev–Trinajstić information content (AvgIpc) is 2.85. The summed E-state index contributed by atoms with van der Waals surface area (Å²) in [6, 6.07) is 7.82. The minimum atomic E-state index is 0.779. The van der Waals surface area contributed by atoms with E-state index < -0.39 is 0 Å². The zero-order chi connectivity index (χ0) is 10.3. The molecule has 0 aromatic carbocycles. The molecule has 1 aromatic rings. The molecule has 3 nitrogen and oxygen atoms in total. The highest BCUT2D eigenvalue weighted by Gasteiger charge is 2.15. The molecule has 0 unspecified atom stereocenters. The zero-order valence-corrected chi connectivity index (χ0v) is 9.88. The molecule has 5 heteroatoms. The van der Waals surface area contributed by atoms with Crippen LogP contribution in [-0.4, -0.2) is 8.75 Å². The molecule has 3 rings (SSSR count). The van der Waals surface area contributed by atoms with Gasteiger partial charge in [0.25, 0.3) is 0 Å². The van der Waals surface area contributed by atoms with Crippen LogP contribution in [0, 0.1) is 0 Å². The molecular formula is C10H5BrN2OS. The summed E-state index contributed by atoms with van der Waals surface area (Å²) in [6.45, 7) is 0. The van der Waals surface area contributed by atoms with E-state index in [1.807, 2.05) is 24.3 Å². The summed E-state index contributed by atoms with van der Waals surface area (Å²) in [5, 5.41) is 0. The molecule has 1 aliphatic carbocycles. The summed E-state index contributed by atoms with van der Waals surface area (Å²) in [7, 11) is 0. The van der Waals surface area contributed by atoms with Gasteiger partial charge in [-0.1, -0.05) is 12.1 Å². The topological polar surface area (TPSA) is 38.9 Å². The van der Waals surface area contributed by atoms with Gasteiger partial charge >= 0.3 is 0 Å². The number of fused-ring (bicyclic) bond motifs is 1. The number of hydrogen-bond acceptors (Lipinski definition) is 4. The Labute approximate surface area is 98.5 Å². The molecule has 74 valence electrons. The van der Waals surface area contributed by atoms with Crippen molar-refractivity contribution in [2.24, 2.45) is 0 Å². The van der Waals surface area contributed by atoms with E-state index in [0.29, 0.717) is 0 Å². The smallest absolute Gasteiger partial charge is 0.147 e. The monoisotopic (exact) mass is 280 g/mol. The van der Waals surface area contributed by atoms with Crippen LogP contribution in [0.25, 0.3) is 22.6 Å². The van der Waals surface area contributed by atoms with Crippen LogP contribution >= 0.6 is 27.7 Å². The van der Waals surface area contributed by atoms with Crippen molar-refractivity contribution in [1.82, 2.24) is 8.75 Å². The minimum absolute atomic E-state index is 0.779. The highest BCUT2D eigenvalue weighted by molar-refractivity contribution is 9.10. The average molecular weight is 281 g/mol. The van der Waals surface area contributed by atoms with Crippen molar-refractivity contribution >= 4 is 27.7 Å². The van der Waals surface area contributed by atoms with Gasteiger partial charge in [0.05, 0.1) is 18.0 Å². The molecule has 0 atom stereocenters. The summed E-state index contributed by atoms with van der Waals surface area (Å²) in [5.41, 5.74) is 2.97. The molecule has 0 radical (unpaired) electrons. The third-order valence-corrected chi connectivity index (χ3v) is 3.52. The predicted molar refractivity (Wildman–Crippen MR) is 61.9 cm³/mol. The molecule has 0 amide bonds. The Morgan fingerprint density at radius 2 is 2.07 bits per heavy atom. The summed E-state index contributed by atoms with van der Waals surface area (Å²) in [4.78, 5) is 0. The maximum atomic E-state index is 5.37. The molecule has 2 aliphatic rings. The van der Waals surface area contributed by atoms with Gasteiger partial charge in [0, 0.05) is 11.1 Å². The summed E-state index contributed by atoms with van der Waals surface area (Å²) < 4.78 is 14.5. The lowest BCUT2D eigenvalue weighted by molar-refractivity contribution is 0.567. The van der Waals surface area contributed by atoms with E-state index in [0.717, 1.165) is 27.2 Å². The zero-order valence-electron chi connectivity index (χ0n) is 7.48. The van der Waals surface area contributed by atoms with Crippen LogP contribution in [0.5, 0.6) is 0 Å². The second kappa shape index (κ2) is 3.43. The standard InChI is InChI=1S/C10H5BrN2OS/c11-10-9(12-15-13-10)7-4-5-14-8-3-1-2-6(7)8/h1-5H. The van der Waals surface area contributed by atoms with E-state index in [-0.39, 0.29) is 0 Å². The fourth-order valence-corrected chi connectivity index (χ4v) is 2.62. The van der Waals surface area contributed by atoms with Gasteiger partial charge in [-0.15, -0.1) is 0 Å². The lowest BCUT2D eigenvalue weighted by atomic mass is 10.1. The molecule has 0 fully saturated rings. The Morgan fingerprint density at radius 1 is 1.13 bits per heavy atom. The number of hydrogen-bond donors (Lipinski definition) is 0. The van der Waals surface area contributed by atoms with Gasteiger partial charge in [0.15, 0.2) is 0 Å². The molecule has 0 spiro atoms. The number of nitrogens with zero attached hydrogens (tertiary/aromatic N) is 2. The van der Waals surface area contributed by atoms with Crippen molar-refractivity contribution in [3.05, 3.63) is 35.1 Å². The van der Waals surface area contributed by atoms with Crippen molar-refractivity contribution in [3.63, 3.8) is 0 Å². The minimum Gasteiger partial charge on any atom is -0.464 e.